The number of nitrogens with zero attached hydrogens (tertiary/aromatic N) is 1. The zero-order valence-electron chi connectivity index (χ0n) is 19.3. The van der Waals surface area contributed by atoms with E-state index in [1.165, 1.54) is 28.6 Å². The highest BCUT2D eigenvalue weighted by Crippen LogP contribution is 2.21. The number of alkyl halides is 1. The molecule has 1 heterocycles. The molecule has 0 saturated heterocycles. The lowest BCUT2D eigenvalue weighted by Crippen LogP contribution is -2.33. The molecular formula is C24H36INO7. The van der Waals surface area contributed by atoms with E-state index in [-0.39, 0.29) is 25.0 Å². The standard InChI is InChI=1S/C24H36INO7/c25-9-5-1-2-6-11-29-13-15-31-17-19-33-20-18-32-16-14-30-12-10-26-23(27)21-7-3-4-8-22(21)24(26)28/h3-4,7-8H,1-2,5-6,9-20H2. The summed E-state index contributed by atoms with van der Waals surface area (Å²) < 4.78 is 28.6. The minimum absolute atomic E-state index is 0.235. The second kappa shape index (κ2) is 18.2. The van der Waals surface area contributed by atoms with Gasteiger partial charge in [-0.25, -0.2) is 0 Å². The third-order valence-electron chi connectivity index (χ3n) is 5.00. The lowest BCUT2D eigenvalue weighted by Gasteiger charge is -2.13. The van der Waals surface area contributed by atoms with Crippen LogP contribution in [0.2, 0.25) is 0 Å². The van der Waals surface area contributed by atoms with Gasteiger partial charge >= 0.3 is 0 Å². The molecule has 0 saturated carbocycles. The quantitative estimate of drug-likeness (QED) is 0.0960. The highest BCUT2D eigenvalue weighted by Gasteiger charge is 2.34. The number of carbonyl (C=O) groups is 2. The molecule has 1 aliphatic heterocycles. The first-order valence-electron chi connectivity index (χ1n) is 11.7. The maximum Gasteiger partial charge on any atom is 0.261 e. The molecule has 0 aliphatic carbocycles. The number of unbranched alkanes of at least 4 members (excludes halogenated alkanes) is 3. The van der Waals surface area contributed by atoms with Gasteiger partial charge in [0.25, 0.3) is 11.8 Å². The third kappa shape index (κ3) is 11.2. The van der Waals surface area contributed by atoms with Crippen molar-refractivity contribution in [2.24, 2.45) is 0 Å². The molecule has 0 bridgehead atoms. The van der Waals surface area contributed by atoms with Crippen LogP contribution in [0.1, 0.15) is 46.4 Å². The summed E-state index contributed by atoms with van der Waals surface area (Å²) in [4.78, 5) is 25.7. The van der Waals surface area contributed by atoms with Crippen LogP contribution in [0.25, 0.3) is 0 Å². The molecule has 0 spiro atoms. The highest BCUT2D eigenvalue weighted by atomic mass is 127. The van der Waals surface area contributed by atoms with Crippen LogP contribution in [0.4, 0.5) is 0 Å². The predicted molar refractivity (Wildman–Crippen MR) is 133 cm³/mol. The van der Waals surface area contributed by atoms with Gasteiger partial charge < -0.3 is 23.7 Å². The lowest BCUT2D eigenvalue weighted by atomic mass is 10.1. The molecule has 2 rings (SSSR count). The largest absolute Gasteiger partial charge is 0.379 e. The average Bonchev–Trinajstić information content (AvgIpc) is 3.07. The number of rotatable bonds is 21. The third-order valence-corrected chi connectivity index (χ3v) is 5.76. The molecule has 0 fully saturated rings. The second-order valence-electron chi connectivity index (χ2n) is 7.47. The van der Waals surface area contributed by atoms with Crippen molar-refractivity contribution >= 4 is 34.4 Å². The molecule has 0 atom stereocenters. The Balaban J connectivity index is 1.30. The van der Waals surface area contributed by atoms with Gasteiger partial charge in [0.2, 0.25) is 0 Å². The molecule has 8 nitrogen and oxygen atoms in total. The number of hydrogen-bond acceptors (Lipinski definition) is 7. The molecule has 0 aromatic heterocycles. The first-order valence-corrected chi connectivity index (χ1v) is 13.2. The Kier molecular flexibility index (Phi) is 15.6. The number of benzene rings is 1. The van der Waals surface area contributed by atoms with Gasteiger partial charge in [-0.2, -0.15) is 0 Å². The van der Waals surface area contributed by atoms with Crippen LogP contribution >= 0.6 is 22.6 Å². The van der Waals surface area contributed by atoms with E-state index in [1.807, 2.05) is 0 Å². The first kappa shape index (κ1) is 28.1. The van der Waals surface area contributed by atoms with Crippen molar-refractivity contribution < 1.29 is 33.3 Å². The van der Waals surface area contributed by atoms with Crippen LogP contribution in [0.5, 0.6) is 0 Å². The maximum absolute atomic E-state index is 12.2. The van der Waals surface area contributed by atoms with Crippen LogP contribution in [-0.4, -0.2) is 93.8 Å². The Morgan fingerprint density at radius 3 is 1.48 bits per heavy atom. The van der Waals surface area contributed by atoms with Crippen molar-refractivity contribution in [3.63, 3.8) is 0 Å². The van der Waals surface area contributed by atoms with Gasteiger partial charge in [-0.15, -0.1) is 0 Å². The molecular weight excluding hydrogens is 541 g/mol. The van der Waals surface area contributed by atoms with E-state index in [0.29, 0.717) is 64.0 Å². The van der Waals surface area contributed by atoms with Gasteiger partial charge in [0.05, 0.1) is 77.1 Å². The van der Waals surface area contributed by atoms with Crippen LogP contribution in [-0.2, 0) is 23.7 Å². The molecule has 2 amide bonds. The molecule has 1 aromatic rings. The molecule has 0 unspecified atom stereocenters. The van der Waals surface area contributed by atoms with Crippen molar-refractivity contribution in [1.29, 1.82) is 0 Å². The summed E-state index contributed by atoms with van der Waals surface area (Å²) in [5.41, 5.74) is 0.912. The summed E-state index contributed by atoms with van der Waals surface area (Å²) >= 11 is 2.41. The van der Waals surface area contributed by atoms with Crippen molar-refractivity contribution in [3.05, 3.63) is 35.4 Å². The Labute approximate surface area is 210 Å². The maximum atomic E-state index is 12.2. The highest BCUT2D eigenvalue weighted by molar-refractivity contribution is 14.1. The number of carbonyl (C=O) groups excluding carboxylic acids is 2. The number of halogens is 1. The van der Waals surface area contributed by atoms with E-state index >= 15 is 0 Å². The summed E-state index contributed by atoms with van der Waals surface area (Å²) in [6.45, 7) is 5.40. The Morgan fingerprint density at radius 2 is 1.00 bits per heavy atom. The fourth-order valence-electron chi connectivity index (χ4n) is 3.23. The molecule has 186 valence electrons. The molecule has 33 heavy (non-hydrogen) atoms. The number of amides is 2. The van der Waals surface area contributed by atoms with E-state index < -0.39 is 0 Å². The minimum atomic E-state index is -0.262. The predicted octanol–water partition coefficient (Wildman–Crippen LogP) is 3.36. The second-order valence-corrected chi connectivity index (χ2v) is 8.55. The van der Waals surface area contributed by atoms with Gasteiger partial charge in [-0.05, 0) is 29.4 Å². The van der Waals surface area contributed by atoms with Gasteiger partial charge in [-0.1, -0.05) is 47.6 Å². The van der Waals surface area contributed by atoms with Crippen LogP contribution in [0, 0.1) is 0 Å². The molecule has 1 aliphatic rings. The topological polar surface area (TPSA) is 83.5 Å². The zero-order chi connectivity index (χ0) is 23.6. The Bertz CT molecular complexity index is 654. The normalized spacial score (nSPS) is 13.2. The smallest absolute Gasteiger partial charge is 0.261 e. The SMILES string of the molecule is O=C1c2ccccc2C(=O)N1CCOCCOCCOCCOCCOCCCCCCI. The average molecular weight is 577 g/mol. The fraction of sp³-hybridized carbons (Fsp3) is 0.667. The van der Waals surface area contributed by atoms with Crippen LogP contribution < -0.4 is 0 Å². The van der Waals surface area contributed by atoms with E-state index in [2.05, 4.69) is 22.6 Å². The van der Waals surface area contributed by atoms with Crippen LogP contribution in [0.3, 0.4) is 0 Å². The summed E-state index contributed by atoms with van der Waals surface area (Å²) in [6, 6.07) is 6.85. The summed E-state index contributed by atoms with van der Waals surface area (Å²) in [7, 11) is 0. The van der Waals surface area contributed by atoms with Crippen molar-refractivity contribution in [2.75, 3.05) is 77.0 Å². The van der Waals surface area contributed by atoms with Crippen molar-refractivity contribution in [1.82, 2.24) is 4.90 Å². The fourth-order valence-corrected chi connectivity index (χ4v) is 3.77. The Morgan fingerprint density at radius 1 is 0.576 bits per heavy atom. The van der Waals surface area contributed by atoms with Gasteiger partial charge in [0, 0.05) is 6.61 Å². The summed E-state index contributed by atoms with van der Waals surface area (Å²) in [6.07, 6.45) is 4.94. The molecule has 9 heteroatoms. The zero-order valence-corrected chi connectivity index (χ0v) is 21.5. The Hall–Kier alpha value is -1.11. The van der Waals surface area contributed by atoms with Crippen molar-refractivity contribution in [2.45, 2.75) is 25.7 Å². The van der Waals surface area contributed by atoms with Gasteiger partial charge in [0.1, 0.15) is 0 Å². The molecule has 1 aromatic carbocycles. The molecule has 0 radical (unpaired) electrons. The number of ether oxygens (including phenoxy) is 5. The number of fused-ring (bicyclic) bond motifs is 1. The van der Waals surface area contributed by atoms with Gasteiger partial charge in [-0.3, -0.25) is 14.5 Å². The van der Waals surface area contributed by atoms with Crippen molar-refractivity contribution in [3.8, 4) is 0 Å². The van der Waals surface area contributed by atoms with E-state index in [0.717, 1.165) is 13.0 Å². The monoisotopic (exact) mass is 577 g/mol. The lowest BCUT2D eigenvalue weighted by molar-refractivity contribution is -0.0119. The van der Waals surface area contributed by atoms with Crippen LogP contribution in [0.15, 0.2) is 24.3 Å². The number of imide groups is 1. The van der Waals surface area contributed by atoms with Gasteiger partial charge in [0.15, 0.2) is 0 Å². The molecule has 0 N–H and O–H groups in total. The summed E-state index contributed by atoms with van der Waals surface area (Å²) in [5, 5.41) is 0. The minimum Gasteiger partial charge on any atom is -0.379 e. The van der Waals surface area contributed by atoms with E-state index in [1.54, 1.807) is 24.3 Å². The summed E-state index contributed by atoms with van der Waals surface area (Å²) in [5.74, 6) is -0.525. The number of hydrogen-bond donors (Lipinski definition) is 0. The van der Waals surface area contributed by atoms with E-state index in [9.17, 15) is 9.59 Å². The first-order chi connectivity index (χ1) is 16.3. The van der Waals surface area contributed by atoms with E-state index in [4.69, 9.17) is 23.7 Å².